The second kappa shape index (κ2) is 3.88. The third-order valence-electron chi connectivity index (χ3n) is 0.947. The molecule has 83 valence electrons. The van der Waals surface area contributed by atoms with Gasteiger partial charge in [0.25, 0.3) is 0 Å². The normalized spacial score (nSPS) is 12.9. The Kier molecular flexibility index (Phi) is 3.54. The largest absolute Gasteiger partial charge is 0.473 e. The Hall–Kier alpha value is -1.22. The fraction of sp³-hybridized carbons (Fsp3) is 0.750. The second-order valence-corrected chi connectivity index (χ2v) is 1.89. The van der Waals surface area contributed by atoms with Crippen LogP contribution in [0.4, 0.5) is 35.6 Å². The van der Waals surface area contributed by atoms with E-state index in [1.807, 2.05) is 0 Å². The summed E-state index contributed by atoms with van der Waals surface area (Å²) in [4.78, 5) is 9.67. The molecule has 0 aliphatic carbocycles. The standard InChI is InChI=1S/C4HF7NO2/c5-1(6)3(7,8)4(9,10)14-2(13)12-11/h1H. The number of rotatable bonds is 3. The Morgan fingerprint density at radius 1 is 1.21 bits per heavy atom. The van der Waals surface area contributed by atoms with Gasteiger partial charge in [0.2, 0.25) is 0 Å². The first-order valence-electron chi connectivity index (χ1n) is 2.74. The molecule has 0 atom stereocenters. The quantitative estimate of drug-likeness (QED) is 0.694. The van der Waals surface area contributed by atoms with E-state index in [0.717, 1.165) is 5.54 Å². The maximum absolute atomic E-state index is 12.0. The van der Waals surface area contributed by atoms with Crippen molar-refractivity contribution in [2.45, 2.75) is 18.5 Å². The van der Waals surface area contributed by atoms with E-state index in [2.05, 4.69) is 4.74 Å². The third kappa shape index (κ3) is 2.39. The average molecular weight is 228 g/mol. The fourth-order valence-electron chi connectivity index (χ4n) is 0.322. The third-order valence-corrected chi connectivity index (χ3v) is 0.947. The summed E-state index contributed by atoms with van der Waals surface area (Å²) < 4.78 is 83.6. The molecule has 0 aliphatic heterocycles. The van der Waals surface area contributed by atoms with Crippen molar-refractivity contribution in [3.05, 3.63) is 0 Å². The highest BCUT2D eigenvalue weighted by Crippen LogP contribution is 2.39. The highest BCUT2D eigenvalue weighted by atomic mass is 19.3. The van der Waals surface area contributed by atoms with Crippen LogP contribution in [0.1, 0.15) is 0 Å². The average Bonchev–Trinajstić information content (AvgIpc) is 2.02. The van der Waals surface area contributed by atoms with Crippen molar-refractivity contribution < 1.29 is 40.4 Å². The molecule has 0 fully saturated rings. The van der Waals surface area contributed by atoms with Crippen molar-refractivity contribution in [1.82, 2.24) is 5.54 Å². The molecule has 1 radical (unpaired) electrons. The van der Waals surface area contributed by atoms with Crippen molar-refractivity contribution in [3.8, 4) is 0 Å². The molecule has 0 N–H and O–H groups in total. The number of hydrogen-bond acceptors (Lipinski definition) is 2. The highest BCUT2D eigenvalue weighted by Gasteiger charge is 2.66. The van der Waals surface area contributed by atoms with E-state index in [1.165, 1.54) is 0 Å². The minimum atomic E-state index is -5.91. The van der Waals surface area contributed by atoms with Gasteiger partial charge < -0.3 is 4.74 Å². The number of ether oxygens (including phenoxy) is 1. The number of alkyl halides is 6. The lowest BCUT2D eigenvalue weighted by Crippen LogP contribution is -2.49. The summed E-state index contributed by atoms with van der Waals surface area (Å²) in [6.45, 7) is 0. The van der Waals surface area contributed by atoms with Crippen LogP contribution in [0.2, 0.25) is 0 Å². The van der Waals surface area contributed by atoms with E-state index in [0.29, 0.717) is 0 Å². The molecule has 10 heteroatoms. The second-order valence-electron chi connectivity index (χ2n) is 1.89. The van der Waals surface area contributed by atoms with Crippen LogP contribution in [0.25, 0.3) is 0 Å². The van der Waals surface area contributed by atoms with Crippen molar-refractivity contribution in [1.29, 1.82) is 0 Å². The lowest BCUT2D eigenvalue weighted by atomic mass is 10.3. The zero-order valence-corrected chi connectivity index (χ0v) is 5.99. The van der Waals surface area contributed by atoms with Crippen LogP contribution in [0, 0.1) is 0 Å². The molecule has 0 saturated heterocycles. The Balaban J connectivity index is 4.68. The smallest absolute Gasteiger partial charge is 0.376 e. The molecule has 0 spiro atoms. The molecular weight excluding hydrogens is 227 g/mol. The van der Waals surface area contributed by atoms with Crippen LogP contribution in [0.3, 0.4) is 0 Å². The van der Waals surface area contributed by atoms with E-state index in [1.54, 1.807) is 0 Å². The minimum Gasteiger partial charge on any atom is -0.376 e. The Morgan fingerprint density at radius 3 is 1.93 bits per heavy atom. The lowest BCUT2D eigenvalue weighted by molar-refractivity contribution is -0.352. The predicted octanol–water partition coefficient (Wildman–Crippen LogP) is 2.11. The van der Waals surface area contributed by atoms with Crippen LogP contribution in [0.5, 0.6) is 0 Å². The molecule has 1 amide bonds. The number of halogens is 7. The molecule has 0 aromatic rings. The summed E-state index contributed by atoms with van der Waals surface area (Å²) in [6.07, 6.45) is -13.3. The van der Waals surface area contributed by atoms with E-state index in [-0.39, 0.29) is 0 Å². The maximum atomic E-state index is 12.0. The van der Waals surface area contributed by atoms with Gasteiger partial charge in [0.15, 0.2) is 0 Å². The van der Waals surface area contributed by atoms with Crippen molar-refractivity contribution >= 4 is 6.09 Å². The summed E-state index contributed by atoms with van der Waals surface area (Å²) in [5, 5.41) is 0. The monoisotopic (exact) mass is 228 g/mol. The highest BCUT2D eigenvalue weighted by molar-refractivity contribution is 5.65. The zero-order valence-electron chi connectivity index (χ0n) is 5.99. The van der Waals surface area contributed by atoms with Crippen LogP contribution in [-0.2, 0) is 4.74 Å². The predicted molar refractivity (Wildman–Crippen MR) is 25.6 cm³/mol. The van der Waals surface area contributed by atoms with Gasteiger partial charge in [-0.2, -0.15) is 17.6 Å². The molecule has 0 rings (SSSR count). The van der Waals surface area contributed by atoms with Crippen LogP contribution in [0.15, 0.2) is 0 Å². The van der Waals surface area contributed by atoms with Crippen LogP contribution >= 0.6 is 0 Å². The van der Waals surface area contributed by atoms with Crippen LogP contribution < -0.4 is 5.54 Å². The van der Waals surface area contributed by atoms with Gasteiger partial charge in [-0.15, -0.1) is 0 Å². The van der Waals surface area contributed by atoms with Gasteiger partial charge in [0.05, 0.1) is 0 Å². The molecular formula is C4HF7NO2. The first-order chi connectivity index (χ1) is 6.15. The lowest BCUT2D eigenvalue weighted by Gasteiger charge is -2.23. The van der Waals surface area contributed by atoms with Gasteiger partial charge >= 0.3 is 24.5 Å². The van der Waals surface area contributed by atoms with E-state index in [9.17, 15) is 35.6 Å². The molecule has 0 saturated carbocycles. The van der Waals surface area contributed by atoms with Crippen molar-refractivity contribution in [2.24, 2.45) is 0 Å². The Morgan fingerprint density at radius 2 is 1.64 bits per heavy atom. The minimum absolute atomic E-state index is 0.927. The van der Waals surface area contributed by atoms with E-state index >= 15 is 0 Å². The summed E-state index contributed by atoms with van der Waals surface area (Å²) in [5.41, 5.74) is 0.927. The van der Waals surface area contributed by atoms with Gasteiger partial charge in [-0.05, 0) is 5.54 Å². The molecule has 0 aliphatic rings. The number of carbonyl (C=O) groups excluding carboxylic acids is 1. The fourth-order valence-corrected chi connectivity index (χ4v) is 0.322. The summed E-state index contributed by atoms with van der Waals surface area (Å²) in [5.74, 6) is -5.91. The van der Waals surface area contributed by atoms with Crippen molar-refractivity contribution in [3.63, 3.8) is 0 Å². The Labute approximate surface area is 71.8 Å². The maximum Gasteiger partial charge on any atom is 0.473 e. The van der Waals surface area contributed by atoms with Gasteiger partial charge in [-0.25, -0.2) is 13.6 Å². The first-order valence-corrected chi connectivity index (χ1v) is 2.74. The number of carbonyl (C=O) groups is 1. The SMILES string of the molecule is O=C([N]F)OC(F)(F)C(F)(F)C(F)F. The molecule has 14 heavy (non-hydrogen) atoms. The van der Waals surface area contributed by atoms with Crippen LogP contribution in [-0.4, -0.2) is 24.5 Å². The van der Waals surface area contributed by atoms with Gasteiger partial charge in [-0.3, -0.25) is 0 Å². The molecule has 0 unspecified atom stereocenters. The molecule has 0 aromatic heterocycles. The summed E-state index contributed by atoms with van der Waals surface area (Å²) in [6, 6.07) is 0. The molecule has 3 nitrogen and oxygen atoms in total. The topological polar surface area (TPSA) is 40.4 Å². The zero-order chi connectivity index (χ0) is 11.6. The number of amides is 1. The molecule has 0 aromatic carbocycles. The first kappa shape index (κ1) is 12.8. The molecule has 0 bridgehead atoms. The van der Waals surface area contributed by atoms with E-state index < -0.39 is 24.5 Å². The van der Waals surface area contributed by atoms with Gasteiger partial charge in [0.1, 0.15) is 0 Å². The van der Waals surface area contributed by atoms with E-state index in [4.69, 9.17) is 0 Å². The number of hydrogen-bond donors (Lipinski definition) is 0. The van der Waals surface area contributed by atoms with Crippen molar-refractivity contribution in [2.75, 3.05) is 0 Å². The molecule has 0 heterocycles. The summed E-state index contributed by atoms with van der Waals surface area (Å²) in [7, 11) is 0. The summed E-state index contributed by atoms with van der Waals surface area (Å²) >= 11 is 0. The van der Waals surface area contributed by atoms with Gasteiger partial charge in [0, 0.05) is 0 Å². The number of nitrogens with zero attached hydrogens (tertiary/aromatic N) is 1. The Bertz CT molecular complexity index is 218. The van der Waals surface area contributed by atoms with Gasteiger partial charge in [-0.1, -0.05) is 4.48 Å².